The van der Waals surface area contributed by atoms with Crippen LogP contribution in [0.25, 0.3) is 0 Å². The average Bonchev–Trinajstić information content (AvgIpc) is 2.24. The normalized spacial score (nSPS) is 11.5. The second-order valence-corrected chi connectivity index (χ2v) is 8.66. The largest absolute Gasteiger partial charge is 0.381 e. The van der Waals surface area contributed by atoms with Gasteiger partial charge in [-0.3, -0.25) is 0 Å². The summed E-state index contributed by atoms with van der Waals surface area (Å²) < 4.78 is 10.4. The summed E-state index contributed by atoms with van der Waals surface area (Å²) in [6, 6.07) is 0. The smallest absolute Gasteiger partial charge is 0.0598 e. The van der Waals surface area contributed by atoms with Gasteiger partial charge in [-0.05, 0) is 45.4 Å². The van der Waals surface area contributed by atoms with Gasteiger partial charge in [0, 0.05) is 13.2 Å². The lowest BCUT2D eigenvalue weighted by molar-refractivity contribution is 0.00531. The minimum Gasteiger partial charge on any atom is -0.381 e. The Morgan fingerprint density at radius 3 is 1.05 bits per heavy atom. The maximum atomic E-state index is 5.23. The molecule has 0 rings (SSSR count). The first-order valence-corrected chi connectivity index (χ1v) is 8.40. The van der Waals surface area contributed by atoms with Gasteiger partial charge in [0.05, 0.1) is 12.2 Å². The third-order valence-corrected chi connectivity index (χ3v) is 2.38. The van der Waals surface area contributed by atoms with Gasteiger partial charge in [-0.1, -0.05) is 62.3 Å². The lowest BCUT2D eigenvalue weighted by atomic mass is 9.94. The molecule has 0 atom stereocenters. The molecule has 0 saturated heterocycles. The van der Waals surface area contributed by atoms with Gasteiger partial charge in [0.2, 0.25) is 0 Å². The fraction of sp³-hybridized carbons (Fsp3) is 1.00. The second-order valence-electron chi connectivity index (χ2n) is 8.66. The molecule has 0 aromatic rings. The Hall–Kier alpha value is -0.0800. The van der Waals surface area contributed by atoms with Crippen LogP contribution in [-0.4, -0.2) is 25.4 Å². The predicted molar refractivity (Wildman–Crippen MR) is 104 cm³/mol. The Bertz CT molecular complexity index is 201. The average molecular weight is 321 g/mol. The SMILES string of the molecule is C.CCC(C)(C)C.CCOC(C)(C)C.CCOCC(C)(C)C. The van der Waals surface area contributed by atoms with E-state index in [9.17, 15) is 0 Å². The van der Waals surface area contributed by atoms with Crippen LogP contribution in [0.3, 0.4) is 0 Å². The number of rotatable bonds is 3. The van der Waals surface area contributed by atoms with Gasteiger partial charge in [-0.2, -0.15) is 0 Å². The van der Waals surface area contributed by atoms with Crippen molar-refractivity contribution in [1.82, 2.24) is 0 Å². The highest BCUT2D eigenvalue weighted by molar-refractivity contribution is 4.58. The predicted octanol–water partition coefficient (Wildman–Crippen LogP) is 6.97. The lowest BCUT2D eigenvalue weighted by Gasteiger charge is -2.17. The highest BCUT2D eigenvalue weighted by Gasteiger charge is 2.08. The van der Waals surface area contributed by atoms with Crippen LogP contribution in [0.2, 0.25) is 0 Å². The zero-order valence-corrected chi connectivity index (χ0v) is 17.1. The fourth-order valence-electron chi connectivity index (χ4n) is 0.841. The number of ether oxygens (including phenoxy) is 2. The lowest BCUT2D eigenvalue weighted by Crippen LogP contribution is -2.18. The summed E-state index contributed by atoms with van der Waals surface area (Å²) in [5, 5.41) is 0. The van der Waals surface area contributed by atoms with E-state index in [4.69, 9.17) is 9.47 Å². The van der Waals surface area contributed by atoms with Crippen molar-refractivity contribution >= 4 is 0 Å². The van der Waals surface area contributed by atoms with Crippen LogP contribution in [0.1, 0.15) is 96.9 Å². The molecule has 0 amide bonds. The molecule has 0 radical (unpaired) electrons. The van der Waals surface area contributed by atoms with E-state index in [0.29, 0.717) is 10.8 Å². The highest BCUT2D eigenvalue weighted by atomic mass is 16.5. The van der Waals surface area contributed by atoms with Crippen LogP contribution in [0, 0.1) is 10.8 Å². The van der Waals surface area contributed by atoms with E-state index in [1.54, 1.807) is 0 Å². The van der Waals surface area contributed by atoms with Crippen molar-refractivity contribution in [1.29, 1.82) is 0 Å². The number of hydrogen-bond donors (Lipinski definition) is 0. The van der Waals surface area contributed by atoms with Gasteiger partial charge in [0.15, 0.2) is 0 Å². The van der Waals surface area contributed by atoms with Crippen molar-refractivity contribution in [2.24, 2.45) is 10.8 Å². The Labute approximate surface area is 143 Å². The molecule has 0 bridgehead atoms. The van der Waals surface area contributed by atoms with Crippen molar-refractivity contribution in [3.63, 3.8) is 0 Å². The van der Waals surface area contributed by atoms with Crippen molar-refractivity contribution in [2.75, 3.05) is 19.8 Å². The first-order valence-electron chi connectivity index (χ1n) is 8.40. The molecule has 2 nitrogen and oxygen atoms in total. The van der Waals surface area contributed by atoms with E-state index in [0.717, 1.165) is 19.8 Å². The maximum absolute atomic E-state index is 5.23. The summed E-state index contributed by atoms with van der Waals surface area (Å²) in [4.78, 5) is 0. The topological polar surface area (TPSA) is 18.5 Å². The van der Waals surface area contributed by atoms with Gasteiger partial charge in [0.25, 0.3) is 0 Å². The van der Waals surface area contributed by atoms with Crippen LogP contribution in [-0.2, 0) is 9.47 Å². The van der Waals surface area contributed by atoms with E-state index < -0.39 is 0 Å². The molecule has 0 aromatic carbocycles. The minimum atomic E-state index is 0. The molecule has 22 heavy (non-hydrogen) atoms. The molecule has 0 heterocycles. The molecular formula is C20H48O2. The Morgan fingerprint density at radius 1 is 0.636 bits per heavy atom. The Morgan fingerprint density at radius 2 is 1.00 bits per heavy atom. The van der Waals surface area contributed by atoms with Crippen LogP contribution in [0.4, 0.5) is 0 Å². The summed E-state index contributed by atoms with van der Waals surface area (Å²) in [5.74, 6) is 0. The third-order valence-electron chi connectivity index (χ3n) is 2.38. The van der Waals surface area contributed by atoms with E-state index in [2.05, 4.69) is 69.2 Å². The van der Waals surface area contributed by atoms with Gasteiger partial charge in [0.1, 0.15) is 0 Å². The van der Waals surface area contributed by atoms with Gasteiger partial charge in [-0.15, -0.1) is 0 Å². The van der Waals surface area contributed by atoms with Crippen LogP contribution in [0.5, 0.6) is 0 Å². The molecule has 0 aliphatic heterocycles. The second kappa shape index (κ2) is 14.5. The fourth-order valence-corrected chi connectivity index (χ4v) is 0.841. The van der Waals surface area contributed by atoms with Gasteiger partial charge >= 0.3 is 0 Å². The maximum Gasteiger partial charge on any atom is 0.0598 e. The highest BCUT2D eigenvalue weighted by Crippen LogP contribution is 2.16. The van der Waals surface area contributed by atoms with Crippen LogP contribution >= 0.6 is 0 Å². The molecule has 0 aliphatic carbocycles. The molecule has 0 saturated carbocycles. The van der Waals surface area contributed by atoms with Gasteiger partial charge in [-0.25, -0.2) is 0 Å². The molecule has 2 heteroatoms. The molecule has 0 fully saturated rings. The van der Waals surface area contributed by atoms with Gasteiger partial charge < -0.3 is 9.47 Å². The minimum absolute atomic E-state index is 0. The quantitative estimate of drug-likeness (QED) is 0.559. The standard InChI is InChI=1S/C7H16O.C6H14O.C6H14.CH4/c1-5-8-6-7(2,3)4;1-5-7-6(2,3)4;1-5-6(2,3)4;/h5-6H2,1-4H3;5H2,1-4H3;5H2,1-4H3;1H4. The van der Waals surface area contributed by atoms with Crippen LogP contribution in [0.15, 0.2) is 0 Å². The third kappa shape index (κ3) is 50.2. The monoisotopic (exact) mass is 320 g/mol. The molecule has 0 aliphatic rings. The summed E-state index contributed by atoms with van der Waals surface area (Å²) in [6.45, 7) is 28.1. The Balaban J connectivity index is -0.000000109. The van der Waals surface area contributed by atoms with Crippen molar-refractivity contribution in [2.45, 2.75) is 103 Å². The molecule has 0 unspecified atom stereocenters. The Kier molecular flexibility index (Phi) is 19.7. The summed E-state index contributed by atoms with van der Waals surface area (Å²) in [5.41, 5.74) is 0.921. The molecule has 0 spiro atoms. The summed E-state index contributed by atoms with van der Waals surface area (Å²) in [7, 11) is 0. The van der Waals surface area contributed by atoms with Crippen molar-refractivity contribution in [3.8, 4) is 0 Å². The number of hydrogen-bond acceptors (Lipinski definition) is 2. The zero-order valence-electron chi connectivity index (χ0n) is 17.1. The molecule has 140 valence electrons. The molecule has 0 N–H and O–H groups in total. The first-order chi connectivity index (χ1) is 9.18. The van der Waals surface area contributed by atoms with Crippen molar-refractivity contribution < 1.29 is 9.47 Å². The van der Waals surface area contributed by atoms with E-state index >= 15 is 0 Å². The zero-order chi connectivity index (χ0) is 17.7. The van der Waals surface area contributed by atoms with E-state index in [1.807, 2.05) is 13.8 Å². The van der Waals surface area contributed by atoms with E-state index in [-0.39, 0.29) is 13.0 Å². The summed E-state index contributed by atoms with van der Waals surface area (Å²) >= 11 is 0. The van der Waals surface area contributed by atoms with Crippen molar-refractivity contribution in [3.05, 3.63) is 0 Å². The molecule has 0 aromatic heterocycles. The first kappa shape index (κ1) is 29.9. The molecular weight excluding hydrogens is 272 g/mol. The van der Waals surface area contributed by atoms with E-state index in [1.165, 1.54) is 6.42 Å². The summed E-state index contributed by atoms with van der Waals surface area (Å²) in [6.07, 6.45) is 1.27. The van der Waals surface area contributed by atoms with Crippen LogP contribution < -0.4 is 0 Å².